The summed E-state index contributed by atoms with van der Waals surface area (Å²) in [5, 5.41) is 7.03. The molecule has 0 amide bonds. The van der Waals surface area contributed by atoms with Crippen molar-refractivity contribution in [1.82, 2.24) is 15.6 Å². The molecule has 1 heterocycles. The first-order valence-corrected chi connectivity index (χ1v) is 10.2. The van der Waals surface area contributed by atoms with Gasteiger partial charge in [-0.05, 0) is 51.0 Å². The number of sulfone groups is 1. The molecular weight excluding hydrogens is 355 g/mol. The fourth-order valence-electron chi connectivity index (χ4n) is 2.50. The molecule has 0 atom stereocenters. The second-order valence-corrected chi connectivity index (χ2v) is 9.97. The highest BCUT2D eigenvalue weighted by Crippen LogP contribution is 2.19. The molecule has 0 saturated carbocycles. The van der Waals surface area contributed by atoms with Gasteiger partial charge in [-0.3, -0.25) is 4.99 Å². The maximum Gasteiger partial charge on any atom is 0.191 e. The Hall–Kier alpha value is -2.09. The summed E-state index contributed by atoms with van der Waals surface area (Å²) >= 11 is 0. The number of H-pyrrole nitrogens is 1. The fourth-order valence-corrected chi connectivity index (χ4v) is 3.49. The van der Waals surface area contributed by atoms with E-state index in [1.165, 1.54) is 12.1 Å². The van der Waals surface area contributed by atoms with Crippen LogP contribution in [-0.2, 0) is 16.3 Å². The van der Waals surface area contributed by atoms with Gasteiger partial charge in [-0.2, -0.15) is 0 Å². The lowest BCUT2D eigenvalue weighted by Crippen LogP contribution is -2.42. The van der Waals surface area contributed by atoms with Crippen LogP contribution < -0.4 is 10.6 Å². The quantitative estimate of drug-likeness (QED) is 0.528. The maximum absolute atomic E-state index is 13.4. The summed E-state index contributed by atoms with van der Waals surface area (Å²) in [5.41, 5.74) is 1.91. The molecule has 2 rings (SSSR count). The van der Waals surface area contributed by atoms with Crippen LogP contribution in [0.5, 0.6) is 0 Å². The Kier molecular flexibility index (Phi) is 6.28. The van der Waals surface area contributed by atoms with E-state index in [1.54, 1.807) is 33.9 Å². The number of halogens is 1. The molecule has 0 fully saturated rings. The summed E-state index contributed by atoms with van der Waals surface area (Å²) in [6, 6.07) is 4.67. The van der Waals surface area contributed by atoms with Crippen LogP contribution in [0.25, 0.3) is 10.9 Å². The number of fused-ring (bicyclic) bond motifs is 1. The average molecular weight is 383 g/mol. The summed E-state index contributed by atoms with van der Waals surface area (Å²) in [5.74, 6) is 0.322. The number of hydrogen-bond acceptors (Lipinski definition) is 3. The summed E-state index contributed by atoms with van der Waals surface area (Å²) in [4.78, 5) is 7.22. The van der Waals surface area contributed by atoms with Crippen LogP contribution in [0.3, 0.4) is 0 Å². The molecule has 1 aromatic carbocycles. The number of rotatable bonds is 6. The van der Waals surface area contributed by atoms with Gasteiger partial charge in [-0.25, -0.2) is 12.8 Å². The third-order valence-corrected chi connectivity index (χ3v) is 6.84. The van der Waals surface area contributed by atoms with Crippen LogP contribution >= 0.6 is 0 Å². The third kappa shape index (κ3) is 4.97. The Morgan fingerprint density at radius 1 is 1.23 bits per heavy atom. The van der Waals surface area contributed by atoms with E-state index in [9.17, 15) is 12.8 Å². The number of benzene rings is 1. The van der Waals surface area contributed by atoms with Gasteiger partial charge in [0.2, 0.25) is 0 Å². The third-order valence-electron chi connectivity index (χ3n) is 4.24. The molecule has 8 heteroatoms. The summed E-state index contributed by atoms with van der Waals surface area (Å²) < 4.78 is 36.9. The van der Waals surface area contributed by atoms with Crippen LogP contribution in [0, 0.1) is 5.82 Å². The van der Waals surface area contributed by atoms with E-state index in [-0.39, 0.29) is 18.1 Å². The van der Waals surface area contributed by atoms with Crippen LogP contribution in [0.15, 0.2) is 29.4 Å². The van der Waals surface area contributed by atoms with E-state index in [4.69, 9.17) is 0 Å². The minimum absolute atomic E-state index is 0.0406. The van der Waals surface area contributed by atoms with Gasteiger partial charge in [0, 0.05) is 37.2 Å². The van der Waals surface area contributed by atoms with E-state index < -0.39 is 14.6 Å². The number of guanidine groups is 1. The van der Waals surface area contributed by atoms with Crippen LogP contribution in [0.1, 0.15) is 26.3 Å². The Labute approximate surface area is 154 Å². The van der Waals surface area contributed by atoms with Crippen molar-refractivity contribution in [2.45, 2.75) is 31.9 Å². The predicted octanol–water partition coefficient (Wildman–Crippen LogP) is 2.23. The molecular formula is C18H27FN4O2S. The molecule has 0 bridgehead atoms. The highest BCUT2D eigenvalue weighted by atomic mass is 32.2. The fraction of sp³-hybridized carbons (Fsp3) is 0.500. The van der Waals surface area contributed by atoms with E-state index in [1.807, 2.05) is 6.20 Å². The van der Waals surface area contributed by atoms with Crippen LogP contribution in [0.4, 0.5) is 4.39 Å². The van der Waals surface area contributed by atoms with Crippen molar-refractivity contribution < 1.29 is 12.8 Å². The normalized spacial score (nSPS) is 13.2. The topological polar surface area (TPSA) is 86.3 Å². The average Bonchev–Trinajstić information content (AvgIpc) is 2.94. The molecule has 0 unspecified atom stereocenters. The molecule has 0 aliphatic heterocycles. The molecule has 0 spiro atoms. The Morgan fingerprint density at radius 2 is 1.92 bits per heavy atom. The van der Waals surface area contributed by atoms with E-state index in [0.29, 0.717) is 18.9 Å². The minimum Gasteiger partial charge on any atom is -0.361 e. The van der Waals surface area contributed by atoms with Gasteiger partial charge in [0.1, 0.15) is 5.82 Å². The van der Waals surface area contributed by atoms with Gasteiger partial charge in [0.15, 0.2) is 15.8 Å². The zero-order valence-electron chi connectivity index (χ0n) is 15.7. The maximum atomic E-state index is 13.4. The molecule has 26 heavy (non-hydrogen) atoms. The molecule has 0 radical (unpaired) electrons. The van der Waals surface area contributed by atoms with Gasteiger partial charge < -0.3 is 15.6 Å². The van der Waals surface area contributed by atoms with Crippen molar-refractivity contribution in [1.29, 1.82) is 0 Å². The van der Waals surface area contributed by atoms with Crippen molar-refractivity contribution >= 4 is 26.7 Å². The second-order valence-electron chi connectivity index (χ2n) is 7.11. The largest absolute Gasteiger partial charge is 0.361 e. The summed E-state index contributed by atoms with van der Waals surface area (Å²) in [6.45, 7) is 5.96. The molecule has 3 N–H and O–H groups in total. The summed E-state index contributed by atoms with van der Waals surface area (Å²) in [6.07, 6.45) is 2.56. The van der Waals surface area contributed by atoms with Crippen molar-refractivity contribution in [3.63, 3.8) is 0 Å². The van der Waals surface area contributed by atoms with Crippen molar-refractivity contribution in [2.75, 3.05) is 25.9 Å². The lowest BCUT2D eigenvalue weighted by molar-refractivity contribution is 0.559. The van der Waals surface area contributed by atoms with Gasteiger partial charge in [0.05, 0.1) is 10.5 Å². The number of nitrogens with one attached hydrogen (secondary N) is 3. The van der Waals surface area contributed by atoms with E-state index in [2.05, 4.69) is 20.6 Å². The molecule has 144 valence electrons. The van der Waals surface area contributed by atoms with Gasteiger partial charge in [0.25, 0.3) is 0 Å². The number of nitrogens with zero attached hydrogens (tertiary/aromatic N) is 1. The Morgan fingerprint density at radius 3 is 2.58 bits per heavy atom. The van der Waals surface area contributed by atoms with Crippen molar-refractivity contribution in [3.8, 4) is 0 Å². The first-order chi connectivity index (χ1) is 12.1. The smallest absolute Gasteiger partial charge is 0.191 e. The number of aromatic nitrogens is 1. The molecule has 2 aromatic rings. The molecule has 0 aliphatic rings. The van der Waals surface area contributed by atoms with Crippen molar-refractivity contribution in [3.05, 3.63) is 35.8 Å². The van der Waals surface area contributed by atoms with Gasteiger partial charge >= 0.3 is 0 Å². The molecule has 6 nitrogen and oxygen atoms in total. The number of aromatic amines is 1. The second kappa shape index (κ2) is 8.07. The van der Waals surface area contributed by atoms with E-state index >= 15 is 0 Å². The molecule has 0 saturated heterocycles. The zero-order chi connectivity index (χ0) is 19.4. The first-order valence-electron chi connectivity index (χ1n) is 8.56. The lowest BCUT2D eigenvalue weighted by Gasteiger charge is -2.19. The Balaban J connectivity index is 1.85. The van der Waals surface area contributed by atoms with E-state index in [0.717, 1.165) is 16.5 Å². The van der Waals surface area contributed by atoms with Crippen LogP contribution in [-0.4, -0.2) is 50.0 Å². The molecule has 1 aromatic heterocycles. The first kappa shape index (κ1) is 20.2. The zero-order valence-corrected chi connectivity index (χ0v) is 16.5. The predicted molar refractivity (Wildman–Crippen MR) is 105 cm³/mol. The van der Waals surface area contributed by atoms with Crippen LogP contribution in [0.2, 0.25) is 0 Å². The number of hydrogen-bond donors (Lipinski definition) is 3. The highest BCUT2D eigenvalue weighted by molar-refractivity contribution is 7.92. The highest BCUT2D eigenvalue weighted by Gasteiger charge is 2.28. The lowest BCUT2D eigenvalue weighted by atomic mass is 10.1. The minimum atomic E-state index is -3.17. The molecule has 0 aliphatic carbocycles. The van der Waals surface area contributed by atoms with Crippen molar-refractivity contribution in [2.24, 2.45) is 4.99 Å². The summed E-state index contributed by atoms with van der Waals surface area (Å²) in [7, 11) is -1.54. The monoisotopic (exact) mass is 382 g/mol. The standard InChI is InChI=1S/C18H27FN4O2S/c1-18(2,3)26(24,25)10-9-22-17(20-4)21-8-7-13-12-23-16-6-5-14(19)11-15(13)16/h5-6,11-12,23H,7-10H2,1-4H3,(H2,20,21,22). The van der Waals surface area contributed by atoms with Gasteiger partial charge in [-0.1, -0.05) is 0 Å². The number of aliphatic imine (C=N–C) groups is 1. The SMILES string of the molecule is CN=C(NCCc1c[nH]c2ccc(F)cc12)NCCS(=O)(=O)C(C)(C)C. The Bertz CT molecular complexity index is 882. The van der Waals surface area contributed by atoms with Gasteiger partial charge in [-0.15, -0.1) is 0 Å².